The number of rotatable bonds is 4. The van der Waals surface area contributed by atoms with Crippen LogP contribution in [0.15, 0.2) is 46.9 Å². The van der Waals surface area contributed by atoms with Gasteiger partial charge in [-0.2, -0.15) is 0 Å². The fraction of sp³-hybridized carbons (Fsp3) is 0.133. The lowest BCUT2D eigenvalue weighted by molar-refractivity contribution is 0.0954. The molecule has 0 atom stereocenters. The van der Waals surface area contributed by atoms with E-state index in [1.165, 1.54) is 12.1 Å². The van der Waals surface area contributed by atoms with Gasteiger partial charge in [0.25, 0.3) is 5.91 Å². The second kappa shape index (κ2) is 6.52. The Hall–Kier alpha value is -1.88. The minimum Gasteiger partial charge on any atom is -0.399 e. The van der Waals surface area contributed by atoms with Crippen molar-refractivity contribution in [2.24, 2.45) is 0 Å². The molecular formula is C15H14BrFN2O. The summed E-state index contributed by atoms with van der Waals surface area (Å²) in [5, 5.41) is 2.78. The number of halogens is 2. The van der Waals surface area contributed by atoms with Gasteiger partial charge in [0.2, 0.25) is 0 Å². The minimum atomic E-state index is -0.270. The second-order valence-corrected chi connectivity index (χ2v) is 5.32. The molecule has 0 bridgehead atoms. The number of benzene rings is 2. The normalized spacial score (nSPS) is 10.3. The molecule has 104 valence electrons. The number of amides is 1. The topological polar surface area (TPSA) is 55.1 Å². The van der Waals surface area contributed by atoms with Crippen molar-refractivity contribution in [3.63, 3.8) is 0 Å². The molecule has 3 nitrogen and oxygen atoms in total. The van der Waals surface area contributed by atoms with Crippen LogP contribution in [0.5, 0.6) is 0 Å². The van der Waals surface area contributed by atoms with E-state index in [-0.39, 0.29) is 11.7 Å². The van der Waals surface area contributed by atoms with E-state index < -0.39 is 0 Å². The zero-order valence-electron chi connectivity index (χ0n) is 10.7. The standard InChI is InChI=1S/C15H14BrFN2O/c16-12-7-11(8-14(18)9-12)15(20)19-5-4-10-2-1-3-13(17)6-10/h1-3,6-9H,4-5,18H2,(H,19,20). The van der Waals surface area contributed by atoms with Crippen LogP contribution in [0.3, 0.4) is 0 Å². The predicted octanol–water partition coefficient (Wildman–Crippen LogP) is 3.14. The summed E-state index contributed by atoms with van der Waals surface area (Å²) >= 11 is 3.29. The van der Waals surface area contributed by atoms with Gasteiger partial charge in [0, 0.05) is 22.3 Å². The van der Waals surface area contributed by atoms with E-state index in [0.717, 1.165) is 10.0 Å². The highest BCUT2D eigenvalue weighted by molar-refractivity contribution is 9.10. The van der Waals surface area contributed by atoms with Crippen molar-refractivity contribution in [1.29, 1.82) is 0 Å². The van der Waals surface area contributed by atoms with E-state index >= 15 is 0 Å². The SMILES string of the molecule is Nc1cc(Br)cc(C(=O)NCCc2cccc(F)c2)c1. The van der Waals surface area contributed by atoms with Crippen LogP contribution in [0, 0.1) is 5.82 Å². The number of hydrogen-bond acceptors (Lipinski definition) is 2. The molecule has 0 heterocycles. The fourth-order valence-electron chi connectivity index (χ4n) is 1.86. The Morgan fingerprint density at radius 3 is 2.75 bits per heavy atom. The maximum absolute atomic E-state index is 13.0. The molecule has 0 spiro atoms. The van der Waals surface area contributed by atoms with Crippen molar-refractivity contribution in [2.45, 2.75) is 6.42 Å². The smallest absolute Gasteiger partial charge is 0.251 e. The van der Waals surface area contributed by atoms with Gasteiger partial charge >= 0.3 is 0 Å². The number of carbonyl (C=O) groups excluding carboxylic acids is 1. The maximum Gasteiger partial charge on any atom is 0.251 e. The summed E-state index contributed by atoms with van der Waals surface area (Å²) in [5.74, 6) is -0.469. The average molecular weight is 337 g/mol. The molecule has 2 aromatic rings. The molecule has 2 aromatic carbocycles. The van der Waals surface area contributed by atoms with Crippen LogP contribution >= 0.6 is 15.9 Å². The van der Waals surface area contributed by atoms with Crippen molar-refractivity contribution < 1.29 is 9.18 Å². The molecule has 5 heteroatoms. The third-order valence-corrected chi connectivity index (χ3v) is 3.23. The van der Waals surface area contributed by atoms with Gasteiger partial charge in [-0.3, -0.25) is 4.79 Å². The van der Waals surface area contributed by atoms with Crippen LogP contribution in [0.4, 0.5) is 10.1 Å². The zero-order valence-corrected chi connectivity index (χ0v) is 12.3. The van der Waals surface area contributed by atoms with Crippen LogP contribution in [0.1, 0.15) is 15.9 Å². The van der Waals surface area contributed by atoms with Crippen LogP contribution < -0.4 is 11.1 Å². The molecular weight excluding hydrogens is 323 g/mol. The zero-order chi connectivity index (χ0) is 14.5. The lowest BCUT2D eigenvalue weighted by atomic mass is 10.1. The summed E-state index contributed by atoms with van der Waals surface area (Å²) in [5.41, 5.74) is 7.55. The Balaban J connectivity index is 1.92. The minimum absolute atomic E-state index is 0.200. The molecule has 0 aliphatic heterocycles. The first-order chi connectivity index (χ1) is 9.54. The summed E-state index contributed by atoms with van der Waals surface area (Å²) in [7, 11) is 0. The monoisotopic (exact) mass is 336 g/mol. The van der Waals surface area contributed by atoms with E-state index in [2.05, 4.69) is 21.2 Å². The highest BCUT2D eigenvalue weighted by Crippen LogP contribution is 2.17. The van der Waals surface area contributed by atoms with Crippen LogP contribution in [-0.4, -0.2) is 12.5 Å². The summed E-state index contributed by atoms with van der Waals surface area (Å²) in [6.45, 7) is 0.439. The van der Waals surface area contributed by atoms with Crippen molar-refractivity contribution in [3.8, 4) is 0 Å². The van der Waals surface area contributed by atoms with Crippen molar-refractivity contribution >= 4 is 27.5 Å². The highest BCUT2D eigenvalue weighted by Gasteiger charge is 2.07. The second-order valence-electron chi connectivity index (χ2n) is 4.41. The molecule has 0 aromatic heterocycles. The van der Waals surface area contributed by atoms with Crippen LogP contribution in [-0.2, 0) is 6.42 Å². The number of anilines is 1. The lowest BCUT2D eigenvalue weighted by Crippen LogP contribution is -2.25. The lowest BCUT2D eigenvalue weighted by Gasteiger charge is -2.07. The molecule has 0 aliphatic rings. The van der Waals surface area contributed by atoms with Crippen molar-refractivity contribution in [3.05, 3.63) is 63.9 Å². The molecule has 0 saturated heterocycles. The first-order valence-corrected chi connectivity index (χ1v) is 6.92. The molecule has 1 amide bonds. The number of carbonyl (C=O) groups is 1. The average Bonchev–Trinajstić information content (AvgIpc) is 2.37. The van der Waals surface area contributed by atoms with Gasteiger partial charge in [0.15, 0.2) is 0 Å². The Morgan fingerprint density at radius 2 is 2.05 bits per heavy atom. The number of nitrogen functional groups attached to an aromatic ring is 1. The third kappa shape index (κ3) is 4.06. The van der Waals surface area contributed by atoms with Crippen LogP contribution in [0.2, 0.25) is 0 Å². The molecule has 3 N–H and O–H groups in total. The summed E-state index contributed by atoms with van der Waals surface area (Å²) in [6.07, 6.45) is 0.576. The number of nitrogens with two attached hydrogens (primary N) is 1. The Labute approximate surface area is 125 Å². The quantitative estimate of drug-likeness (QED) is 0.842. The van der Waals surface area contributed by atoms with E-state index in [1.807, 2.05) is 6.07 Å². The summed E-state index contributed by atoms with van der Waals surface area (Å²) < 4.78 is 13.8. The van der Waals surface area contributed by atoms with Gasteiger partial charge < -0.3 is 11.1 Å². The highest BCUT2D eigenvalue weighted by atomic mass is 79.9. The molecule has 20 heavy (non-hydrogen) atoms. The molecule has 0 radical (unpaired) electrons. The van der Waals surface area contributed by atoms with E-state index in [0.29, 0.717) is 24.2 Å². The first-order valence-electron chi connectivity index (χ1n) is 6.13. The van der Waals surface area contributed by atoms with Crippen molar-refractivity contribution in [1.82, 2.24) is 5.32 Å². The molecule has 0 aliphatic carbocycles. The number of nitrogens with one attached hydrogen (secondary N) is 1. The summed E-state index contributed by atoms with van der Waals surface area (Å²) in [4.78, 5) is 11.9. The Morgan fingerprint density at radius 1 is 1.25 bits per heavy atom. The molecule has 0 saturated carbocycles. The Bertz CT molecular complexity index is 611. The van der Waals surface area contributed by atoms with Gasteiger partial charge in [-0.05, 0) is 42.3 Å². The summed E-state index contributed by atoms with van der Waals surface area (Å²) in [6, 6.07) is 11.4. The van der Waals surface area contributed by atoms with Gasteiger partial charge in [-0.25, -0.2) is 4.39 Å². The van der Waals surface area contributed by atoms with Gasteiger partial charge in [0.05, 0.1) is 0 Å². The fourth-order valence-corrected chi connectivity index (χ4v) is 2.37. The van der Waals surface area contributed by atoms with E-state index in [1.54, 1.807) is 24.3 Å². The van der Waals surface area contributed by atoms with E-state index in [4.69, 9.17) is 5.73 Å². The molecule has 2 rings (SSSR count). The molecule has 0 fully saturated rings. The van der Waals surface area contributed by atoms with Gasteiger partial charge in [-0.1, -0.05) is 28.1 Å². The van der Waals surface area contributed by atoms with Crippen molar-refractivity contribution in [2.75, 3.05) is 12.3 Å². The predicted molar refractivity (Wildman–Crippen MR) is 81.0 cm³/mol. The van der Waals surface area contributed by atoms with Gasteiger partial charge in [0.1, 0.15) is 5.82 Å². The van der Waals surface area contributed by atoms with Crippen LogP contribution in [0.25, 0.3) is 0 Å². The first kappa shape index (κ1) is 14.5. The van der Waals surface area contributed by atoms with E-state index in [9.17, 15) is 9.18 Å². The third-order valence-electron chi connectivity index (χ3n) is 2.77. The largest absolute Gasteiger partial charge is 0.399 e. The number of hydrogen-bond donors (Lipinski definition) is 2. The van der Waals surface area contributed by atoms with Gasteiger partial charge in [-0.15, -0.1) is 0 Å². The Kier molecular flexibility index (Phi) is 4.74. The molecule has 0 unspecified atom stereocenters. The maximum atomic E-state index is 13.0.